The van der Waals surface area contributed by atoms with Gasteiger partial charge in [0.05, 0.1) is 0 Å². The van der Waals surface area contributed by atoms with Gasteiger partial charge in [0.2, 0.25) is 0 Å². The lowest BCUT2D eigenvalue weighted by Gasteiger charge is -2.36. The van der Waals surface area contributed by atoms with Gasteiger partial charge in [0.1, 0.15) is 11.6 Å². The number of nitrogens with two attached hydrogens (primary N) is 1. The van der Waals surface area contributed by atoms with Crippen molar-refractivity contribution in [2.75, 3.05) is 36.0 Å². The van der Waals surface area contributed by atoms with Gasteiger partial charge >= 0.3 is 0 Å². The van der Waals surface area contributed by atoms with Crippen molar-refractivity contribution in [2.24, 2.45) is 5.73 Å². The molecule has 5 nitrogen and oxygen atoms in total. The molecule has 0 unspecified atom stereocenters. The highest BCUT2D eigenvalue weighted by molar-refractivity contribution is 5.49. The summed E-state index contributed by atoms with van der Waals surface area (Å²) >= 11 is 0. The molecule has 2 N–H and O–H groups in total. The summed E-state index contributed by atoms with van der Waals surface area (Å²) in [5.41, 5.74) is 7.91. The van der Waals surface area contributed by atoms with E-state index in [4.69, 9.17) is 5.73 Å². The lowest BCUT2D eigenvalue weighted by Crippen LogP contribution is -2.47. The molecule has 3 rings (SSSR count). The number of aromatic nitrogens is 2. The molecule has 0 aromatic carbocycles. The van der Waals surface area contributed by atoms with E-state index in [1.54, 1.807) is 0 Å². The van der Waals surface area contributed by atoms with Crippen LogP contribution >= 0.6 is 0 Å². The second-order valence-electron chi connectivity index (χ2n) is 5.35. The molecule has 2 aromatic rings. The first kappa shape index (κ1) is 13.8. The van der Waals surface area contributed by atoms with E-state index in [-0.39, 0.29) is 0 Å². The molecule has 0 bridgehead atoms. The minimum absolute atomic E-state index is 0.542. The van der Waals surface area contributed by atoms with E-state index < -0.39 is 0 Å². The van der Waals surface area contributed by atoms with Crippen LogP contribution in [-0.2, 0) is 6.54 Å². The predicted octanol–water partition coefficient (Wildman–Crippen LogP) is 1.57. The summed E-state index contributed by atoms with van der Waals surface area (Å²) in [5.74, 6) is 2.13. The zero-order chi connectivity index (χ0) is 14.7. The minimum Gasteiger partial charge on any atom is -0.353 e. The van der Waals surface area contributed by atoms with Crippen LogP contribution in [0.1, 0.15) is 11.1 Å². The van der Waals surface area contributed by atoms with Crippen LogP contribution < -0.4 is 15.5 Å². The van der Waals surface area contributed by atoms with Crippen molar-refractivity contribution in [3.63, 3.8) is 0 Å². The van der Waals surface area contributed by atoms with Crippen LogP contribution in [0.3, 0.4) is 0 Å². The van der Waals surface area contributed by atoms with E-state index >= 15 is 0 Å². The van der Waals surface area contributed by atoms with Gasteiger partial charge in [0.25, 0.3) is 0 Å². The fourth-order valence-corrected chi connectivity index (χ4v) is 2.68. The molecule has 5 heteroatoms. The van der Waals surface area contributed by atoms with Crippen LogP contribution in [0.15, 0.2) is 36.7 Å². The number of piperazine rings is 1. The van der Waals surface area contributed by atoms with Crippen molar-refractivity contribution >= 4 is 11.6 Å². The van der Waals surface area contributed by atoms with Gasteiger partial charge in [-0.15, -0.1) is 0 Å². The van der Waals surface area contributed by atoms with Gasteiger partial charge in [-0.1, -0.05) is 12.1 Å². The van der Waals surface area contributed by atoms with Crippen molar-refractivity contribution in [3.05, 3.63) is 47.8 Å². The first-order chi connectivity index (χ1) is 10.3. The first-order valence-corrected chi connectivity index (χ1v) is 7.34. The number of pyridine rings is 2. The summed E-state index contributed by atoms with van der Waals surface area (Å²) in [6, 6.07) is 8.21. The Bertz CT molecular complexity index is 588. The molecule has 3 heterocycles. The Balaban J connectivity index is 1.66. The van der Waals surface area contributed by atoms with Crippen molar-refractivity contribution in [1.29, 1.82) is 0 Å². The molecule has 0 spiro atoms. The lowest BCUT2D eigenvalue weighted by atomic mass is 10.2. The summed E-state index contributed by atoms with van der Waals surface area (Å²) in [5, 5.41) is 0. The van der Waals surface area contributed by atoms with E-state index in [9.17, 15) is 0 Å². The monoisotopic (exact) mass is 283 g/mol. The second kappa shape index (κ2) is 6.10. The van der Waals surface area contributed by atoms with Crippen molar-refractivity contribution in [2.45, 2.75) is 13.5 Å². The molecule has 0 saturated carbocycles. The first-order valence-electron chi connectivity index (χ1n) is 7.34. The minimum atomic E-state index is 0.542. The Labute approximate surface area is 125 Å². The number of nitrogens with zero attached hydrogens (tertiary/aromatic N) is 4. The molecular weight excluding hydrogens is 262 g/mol. The number of hydrogen-bond donors (Lipinski definition) is 1. The van der Waals surface area contributed by atoms with Crippen molar-refractivity contribution in [1.82, 2.24) is 9.97 Å². The van der Waals surface area contributed by atoms with E-state index in [0.29, 0.717) is 6.54 Å². The third kappa shape index (κ3) is 2.97. The molecule has 110 valence electrons. The van der Waals surface area contributed by atoms with Gasteiger partial charge in [0.15, 0.2) is 0 Å². The molecule has 1 aliphatic heterocycles. The highest BCUT2D eigenvalue weighted by Crippen LogP contribution is 2.20. The van der Waals surface area contributed by atoms with Crippen LogP contribution in [0.2, 0.25) is 0 Å². The van der Waals surface area contributed by atoms with Crippen molar-refractivity contribution in [3.8, 4) is 0 Å². The maximum atomic E-state index is 5.61. The van der Waals surface area contributed by atoms with Crippen LogP contribution in [0, 0.1) is 6.92 Å². The molecule has 0 radical (unpaired) electrons. The van der Waals surface area contributed by atoms with Gasteiger partial charge in [-0.2, -0.15) is 0 Å². The molecule has 0 amide bonds. The van der Waals surface area contributed by atoms with E-state index in [1.165, 1.54) is 5.56 Å². The highest BCUT2D eigenvalue weighted by atomic mass is 15.3. The summed E-state index contributed by atoms with van der Waals surface area (Å²) < 4.78 is 0. The predicted molar refractivity (Wildman–Crippen MR) is 85.5 cm³/mol. The Morgan fingerprint density at radius 2 is 1.81 bits per heavy atom. The van der Waals surface area contributed by atoms with Crippen molar-refractivity contribution < 1.29 is 0 Å². The molecular formula is C16H21N5. The molecule has 2 aromatic heterocycles. The summed E-state index contributed by atoms with van der Waals surface area (Å²) in [6.45, 7) is 6.52. The Kier molecular flexibility index (Phi) is 4.01. The molecule has 1 fully saturated rings. The van der Waals surface area contributed by atoms with E-state index in [1.807, 2.05) is 18.5 Å². The van der Waals surface area contributed by atoms with Crippen LogP contribution in [0.4, 0.5) is 11.6 Å². The zero-order valence-corrected chi connectivity index (χ0v) is 12.4. The van der Waals surface area contributed by atoms with Gasteiger partial charge in [0, 0.05) is 45.1 Å². The average molecular weight is 283 g/mol. The summed E-state index contributed by atoms with van der Waals surface area (Å²) in [4.78, 5) is 13.7. The smallest absolute Gasteiger partial charge is 0.131 e. The summed E-state index contributed by atoms with van der Waals surface area (Å²) in [6.07, 6.45) is 3.73. The third-order valence-corrected chi connectivity index (χ3v) is 3.93. The SMILES string of the molecule is Cc1cccnc1N1CCN(c2ccc(CN)cn2)CC1. The average Bonchev–Trinajstić information content (AvgIpc) is 2.56. The largest absolute Gasteiger partial charge is 0.353 e. The number of hydrogen-bond acceptors (Lipinski definition) is 5. The Morgan fingerprint density at radius 1 is 1.05 bits per heavy atom. The zero-order valence-electron chi connectivity index (χ0n) is 12.4. The van der Waals surface area contributed by atoms with Gasteiger partial charge in [-0.25, -0.2) is 9.97 Å². The maximum Gasteiger partial charge on any atom is 0.131 e. The number of anilines is 2. The Hall–Kier alpha value is -2.14. The van der Waals surface area contributed by atoms with E-state index in [0.717, 1.165) is 43.4 Å². The van der Waals surface area contributed by atoms with E-state index in [2.05, 4.69) is 44.9 Å². The number of rotatable bonds is 3. The third-order valence-electron chi connectivity index (χ3n) is 3.93. The van der Waals surface area contributed by atoms with Gasteiger partial charge < -0.3 is 15.5 Å². The molecule has 0 atom stereocenters. The van der Waals surface area contributed by atoms with Crippen LogP contribution in [0.5, 0.6) is 0 Å². The Morgan fingerprint density at radius 3 is 2.43 bits per heavy atom. The highest BCUT2D eigenvalue weighted by Gasteiger charge is 2.19. The van der Waals surface area contributed by atoms with Crippen LogP contribution in [0.25, 0.3) is 0 Å². The van der Waals surface area contributed by atoms with Crippen LogP contribution in [-0.4, -0.2) is 36.1 Å². The van der Waals surface area contributed by atoms with Gasteiger partial charge in [-0.3, -0.25) is 0 Å². The standard InChI is InChI=1S/C16H21N5/c1-13-3-2-6-18-16(13)21-9-7-20(8-10-21)15-5-4-14(11-17)12-19-15/h2-6,12H,7-11,17H2,1H3. The maximum absolute atomic E-state index is 5.61. The topological polar surface area (TPSA) is 58.3 Å². The molecule has 1 saturated heterocycles. The molecule has 1 aliphatic rings. The molecule has 0 aliphatic carbocycles. The lowest BCUT2D eigenvalue weighted by molar-refractivity contribution is 0.640. The second-order valence-corrected chi connectivity index (χ2v) is 5.35. The quantitative estimate of drug-likeness (QED) is 0.926. The fraction of sp³-hybridized carbons (Fsp3) is 0.375. The molecule has 21 heavy (non-hydrogen) atoms. The fourth-order valence-electron chi connectivity index (χ4n) is 2.68. The summed E-state index contributed by atoms with van der Waals surface area (Å²) in [7, 11) is 0. The number of aryl methyl sites for hydroxylation is 1. The normalized spacial score (nSPS) is 15.3. The van der Waals surface area contributed by atoms with Gasteiger partial charge in [-0.05, 0) is 30.2 Å².